The summed E-state index contributed by atoms with van der Waals surface area (Å²) in [6, 6.07) is 13.5. The fourth-order valence-corrected chi connectivity index (χ4v) is 3.00. The number of carbonyl (C=O) groups is 1. The third-order valence-electron chi connectivity index (χ3n) is 4.79. The number of nitrogens with zero attached hydrogens (tertiary/aromatic N) is 1. The molecule has 0 radical (unpaired) electrons. The molecule has 0 aliphatic carbocycles. The molecule has 0 fully saturated rings. The normalized spacial score (nSPS) is 11.9. The van der Waals surface area contributed by atoms with Gasteiger partial charge >= 0.3 is 0 Å². The highest BCUT2D eigenvalue weighted by Crippen LogP contribution is 2.32. The maximum atomic E-state index is 12.6. The maximum absolute atomic E-state index is 12.6. The summed E-state index contributed by atoms with van der Waals surface area (Å²) in [6.45, 7) is 4.86. The lowest BCUT2D eigenvalue weighted by atomic mass is 10.1. The van der Waals surface area contributed by atoms with Crippen LogP contribution in [0.3, 0.4) is 0 Å². The van der Waals surface area contributed by atoms with Crippen molar-refractivity contribution >= 4 is 17.3 Å². The number of fused-ring (bicyclic) bond motifs is 1. The number of hydrogen-bond acceptors (Lipinski definition) is 5. The van der Waals surface area contributed by atoms with E-state index in [0.717, 1.165) is 39.6 Å². The number of anilines is 2. The first-order valence-corrected chi connectivity index (χ1v) is 9.05. The van der Waals surface area contributed by atoms with Crippen molar-refractivity contribution in [3.8, 4) is 11.5 Å². The number of aromatic nitrogens is 1. The predicted octanol–water partition coefficient (Wildman–Crippen LogP) is 4.29. The van der Waals surface area contributed by atoms with Gasteiger partial charge in [0, 0.05) is 24.6 Å². The average molecular weight is 375 g/mol. The van der Waals surface area contributed by atoms with Crippen molar-refractivity contribution in [2.75, 3.05) is 17.4 Å². The number of hydrogen-bond donors (Lipinski definition) is 2. The van der Waals surface area contributed by atoms with Crippen LogP contribution in [0.1, 0.15) is 27.0 Å². The van der Waals surface area contributed by atoms with Gasteiger partial charge in [-0.3, -0.25) is 9.78 Å². The Morgan fingerprint density at radius 2 is 1.93 bits per heavy atom. The molecule has 1 aliphatic heterocycles. The number of carbonyl (C=O) groups excluding carboxylic acids is 1. The lowest BCUT2D eigenvalue weighted by Crippen LogP contribution is -2.14. The van der Waals surface area contributed by atoms with Crippen molar-refractivity contribution in [1.82, 2.24) is 4.98 Å². The van der Waals surface area contributed by atoms with Gasteiger partial charge in [0.2, 0.25) is 6.79 Å². The molecule has 6 nitrogen and oxygen atoms in total. The van der Waals surface area contributed by atoms with Crippen LogP contribution in [0.25, 0.3) is 0 Å². The highest BCUT2D eigenvalue weighted by molar-refractivity contribution is 6.05. The van der Waals surface area contributed by atoms with E-state index in [1.165, 1.54) is 0 Å². The number of pyridine rings is 1. The van der Waals surface area contributed by atoms with Gasteiger partial charge in [-0.25, -0.2) is 0 Å². The zero-order chi connectivity index (χ0) is 19.5. The van der Waals surface area contributed by atoms with Crippen LogP contribution in [0.4, 0.5) is 11.4 Å². The Morgan fingerprint density at radius 3 is 2.82 bits per heavy atom. The van der Waals surface area contributed by atoms with Gasteiger partial charge < -0.3 is 20.1 Å². The third kappa shape index (κ3) is 3.76. The summed E-state index contributed by atoms with van der Waals surface area (Å²) >= 11 is 0. The quantitative estimate of drug-likeness (QED) is 0.696. The Bertz CT molecular complexity index is 1030. The molecule has 142 valence electrons. The monoisotopic (exact) mass is 375 g/mol. The Kier molecular flexibility index (Phi) is 4.85. The third-order valence-corrected chi connectivity index (χ3v) is 4.79. The molecule has 3 aromatic rings. The standard InChI is InChI=1S/C22H21N3O3/c1-14-4-3-5-19(15(14)2)25-22(26)17-9-18(12-23-11-17)24-10-16-6-7-20-21(8-16)28-13-27-20/h3-9,11-12,24H,10,13H2,1-2H3,(H,25,26). The van der Waals surface area contributed by atoms with Crippen molar-refractivity contribution in [3.05, 3.63) is 77.1 Å². The lowest BCUT2D eigenvalue weighted by Gasteiger charge is -2.11. The fraction of sp³-hybridized carbons (Fsp3) is 0.182. The Hall–Kier alpha value is -3.54. The van der Waals surface area contributed by atoms with Gasteiger partial charge in [0.05, 0.1) is 11.3 Å². The molecule has 4 rings (SSSR count). The molecule has 2 heterocycles. The molecule has 1 aromatic heterocycles. The van der Waals surface area contributed by atoms with Gasteiger partial charge in [-0.2, -0.15) is 0 Å². The molecule has 1 aliphatic rings. The maximum Gasteiger partial charge on any atom is 0.257 e. The van der Waals surface area contributed by atoms with Crippen LogP contribution < -0.4 is 20.1 Å². The van der Waals surface area contributed by atoms with Crippen LogP contribution in [-0.4, -0.2) is 17.7 Å². The summed E-state index contributed by atoms with van der Waals surface area (Å²) in [5.74, 6) is 1.32. The van der Waals surface area contributed by atoms with Crippen LogP contribution in [0, 0.1) is 13.8 Å². The van der Waals surface area contributed by atoms with Crippen LogP contribution in [-0.2, 0) is 6.54 Å². The molecule has 6 heteroatoms. The van der Waals surface area contributed by atoms with Gasteiger partial charge in [-0.15, -0.1) is 0 Å². The van der Waals surface area contributed by atoms with Gasteiger partial charge in [-0.1, -0.05) is 18.2 Å². The molecule has 0 saturated carbocycles. The van der Waals surface area contributed by atoms with E-state index >= 15 is 0 Å². The minimum absolute atomic E-state index is 0.187. The molecule has 2 N–H and O–H groups in total. The van der Waals surface area contributed by atoms with E-state index < -0.39 is 0 Å². The number of aryl methyl sites for hydroxylation is 1. The van der Waals surface area contributed by atoms with Gasteiger partial charge in [0.1, 0.15) is 0 Å². The van der Waals surface area contributed by atoms with Crippen molar-refractivity contribution in [3.63, 3.8) is 0 Å². The van der Waals surface area contributed by atoms with Crippen LogP contribution in [0.2, 0.25) is 0 Å². The second-order valence-electron chi connectivity index (χ2n) is 6.71. The SMILES string of the molecule is Cc1cccc(NC(=O)c2cncc(NCc3ccc4c(c3)OCO4)c2)c1C. The first kappa shape index (κ1) is 17.9. The number of nitrogens with one attached hydrogen (secondary N) is 2. The first-order chi connectivity index (χ1) is 13.6. The van der Waals surface area contributed by atoms with Crippen molar-refractivity contribution < 1.29 is 14.3 Å². The molecular weight excluding hydrogens is 354 g/mol. The van der Waals surface area contributed by atoms with E-state index in [9.17, 15) is 4.79 Å². The van der Waals surface area contributed by atoms with Crippen LogP contribution >= 0.6 is 0 Å². The summed E-state index contributed by atoms with van der Waals surface area (Å²) in [5, 5.41) is 6.25. The molecule has 2 aromatic carbocycles. The second-order valence-corrected chi connectivity index (χ2v) is 6.71. The first-order valence-electron chi connectivity index (χ1n) is 9.05. The number of rotatable bonds is 5. The summed E-state index contributed by atoms with van der Waals surface area (Å²) < 4.78 is 10.7. The lowest BCUT2D eigenvalue weighted by molar-refractivity contribution is 0.102. The van der Waals surface area contributed by atoms with E-state index in [-0.39, 0.29) is 12.7 Å². The van der Waals surface area contributed by atoms with E-state index in [4.69, 9.17) is 9.47 Å². The van der Waals surface area contributed by atoms with Crippen LogP contribution in [0.15, 0.2) is 54.9 Å². The molecular formula is C22H21N3O3. The zero-order valence-electron chi connectivity index (χ0n) is 15.8. The summed E-state index contributed by atoms with van der Waals surface area (Å²) in [6.07, 6.45) is 3.26. The van der Waals surface area contributed by atoms with Gasteiger partial charge in [-0.05, 0) is 54.8 Å². The summed E-state index contributed by atoms with van der Waals surface area (Å²) in [7, 11) is 0. The smallest absolute Gasteiger partial charge is 0.257 e. The average Bonchev–Trinajstić information content (AvgIpc) is 3.18. The second kappa shape index (κ2) is 7.60. The summed E-state index contributed by atoms with van der Waals surface area (Å²) in [5.41, 5.74) is 5.32. The Labute approximate surface area is 163 Å². The zero-order valence-corrected chi connectivity index (χ0v) is 15.8. The largest absolute Gasteiger partial charge is 0.454 e. The number of ether oxygens (including phenoxy) is 2. The minimum Gasteiger partial charge on any atom is -0.454 e. The molecule has 0 bridgehead atoms. The minimum atomic E-state index is -0.187. The van der Waals surface area contributed by atoms with Crippen molar-refractivity contribution in [2.45, 2.75) is 20.4 Å². The topological polar surface area (TPSA) is 72.5 Å². The highest BCUT2D eigenvalue weighted by Gasteiger charge is 2.13. The molecule has 0 atom stereocenters. The fourth-order valence-electron chi connectivity index (χ4n) is 3.00. The number of amides is 1. The van der Waals surface area contributed by atoms with E-state index in [1.807, 2.05) is 50.2 Å². The number of benzene rings is 2. The summed E-state index contributed by atoms with van der Waals surface area (Å²) in [4.78, 5) is 16.8. The molecule has 28 heavy (non-hydrogen) atoms. The highest BCUT2D eigenvalue weighted by atomic mass is 16.7. The van der Waals surface area contributed by atoms with Crippen LogP contribution in [0.5, 0.6) is 11.5 Å². The van der Waals surface area contributed by atoms with Crippen molar-refractivity contribution in [1.29, 1.82) is 0 Å². The molecule has 0 spiro atoms. The molecule has 0 saturated heterocycles. The molecule has 0 unspecified atom stereocenters. The van der Waals surface area contributed by atoms with E-state index in [1.54, 1.807) is 18.5 Å². The van der Waals surface area contributed by atoms with E-state index in [0.29, 0.717) is 12.1 Å². The van der Waals surface area contributed by atoms with Gasteiger partial charge in [0.25, 0.3) is 5.91 Å². The Balaban J connectivity index is 1.44. The predicted molar refractivity (Wildman–Crippen MR) is 108 cm³/mol. The van der Waals surface area contributed by atoms with E-state index in [2.05, 4.69) is 15.6 Å². The van der Waals surface area contributed by atoms with Gasteiger partial charge in [0.15, 0.2) is 11.5 Å². The Morgan fingerprint density at radius 1 is 1.07 bits per heavy atom. The van der Waals surface area contributed by atoms with Crippen molar-refractivity contribution in [2.24, 2.45) is 0 Å². The molecule has 1 amide bonds.